The van der Waals surface area contributed by atoms with Crippen molar-refractivity contribution < 1.29 is 13.2 Å². The van der Waals surface area contributed by atoms with Crippen molar-refractivity contribution in [3.63, 3.8) is 0 Å². The molecular weight excluding hydrogens is 333 g/mol. The summed E-state index contributed by atoms with van der Waals surface area (Å²) in [6.45, 7) is 1.33. The lowest BCUT2D eigenvalue weighted by atomic mass is 10.3. The molecule has 108 valence electrons. The molecule has 0 heterocycles. The zero-order valence-electron chi connectivity index (χ0n) is 10.5. The highest BCUT2D eigenvalue weighted by Crippen LogP contribution is 2.37. The van der Waals surface area contributed by atoms with E-state index in [2.05, 4.69) is 0 Å². The van der Waals surface area contributed by atoms with Crippen molar-refractivity contribution in [2.24, 2.45) is 0 Å². The van der Waals surface area contributed by atoms with Crippen LogP contribution >= 0.6 is 33.9 Å². The lowest BCUT2D eigenvalue weighted by Crippen LogP contribution is -2.15. The summed E-state index contributed by atoms with van der Waals surface area (Å²) in [6.07, 6.45) is 0.816. The van der Waals surface area contributed by atoms with Crippen molar-refractivity contribution in [1.29, 1.82) is 0 Å². The molecule has 0 N–H and O–H groups in total. The van der Waals surface area contributed by atoms with Crippen LogP contribution in [0.25, 0.3) is 0 Å². The van der Waals surface area contributed by atoms with Gasteiger partial charge in [0.1, 0.15) is 15.7 Å². The maximum Gasteiger partial charge on any atom is 0.262 e. The zero-order chi connectivity index (χ0) is 14.6. The van der Waals surface area contributed by atoms with Gasteiger partial charge in [0.2, 0.25) is 0 Å². The number of hydrogen-bond acceptors (Lipinski definition) is 4. The molecule has 0 fully saturated rings. The van der Waals surface area contributed by atoms with Gasteiger partial charge in [-0.1, -0.05) is 23.2 Å². The predicted molar refractivity (Wildman–Crippen MR) is 78.2 cm³/mol. The average molecular weight is 347 g/mol. The fourth-order valence-electron chi connectivity index (χ4n) is 1.38. The van der Waals surface area contributed by atoms with Crippen molar-refractivity contribution in [2.45, 2.75) is 11.3 Å². The molecule has 19 heavy (non-hydrogen) atoms. The van der Waals surface area contributed by atoms with E-state index in [0.29, 0.717) is 12.4 Å². The topological polar surface area (TPSA) is 46.6 Å². The molecule has 0 unspecified atom stereocenters. The van der Waals surface area contributed by atoms with Crippen LogP contribution in [-0.2, 0) is 9.05 Å². The Morgan fingerprint density at radius 1 is 1.21 bits per heavy atom. The highest BCUT2D eigenvalue weighted by atomic mass is 35.7. The van der Waals surface area contributed by atoms with Gasteiger partial charge in [-0.05, 0) is 32.6 Å². The molecular formula is C11H14Cl3NO3S. The number of rotatable bonds is 6. The molecule has 1 aromatic carbocycles. The van der Waals surface area contributed by atoms with E-state index >= 15 is 0 Å². The first kappa shape index (κ1) is 16.9. The third-order valence-corrected chi connectivity index (χ3v) is 4.62. The van der Waals surface area contributed by atoms with Gasteiger partial charge in [0, 0.05) is 17.2 Å². The molecule has 1 aromatic rings. The molecule has 0 bridgehead atoms. The van der Waals surface area contributed by atoms with E-state index in [0.717, 1.165) is 13.0 Å². The molecule has 0 saturated heterocycles. The van der Waals surface area contributed by atoms with E-state index in [-0.39, 0.29) is 14.9 Å². The van der Waals surface area contributed by atoms with Crippen LogP contribution in [0.5, 0.6) is 5.75 Å². The molecule has 1 rings (SSSR count). The SMILES string of the molecule is CN(C)CCCOc1ccc(S(=O)(=O)Cl)c(Cl)c1Cl. The van der Waals surface area contributed by atoms with E-state index < -0.39 is 9.05 Å². The Kier molecular flexibility index (Phi) is 6.20. The molecule has 0 amide bonds. The second-order valence-electron chi connectivity index (χ2n) is 4.13. The number of benzene rings is 1. The van der Waals surface area contributed by atoms with Crippen molar-refractivity contribution >= 4 is 42.9 Å². The van der Waals surface area contributed by atoms with Gasteiger partial charge < -0.3 is 9.64 Å². The fourth-order valence-corrected chi connectivity index (χ4v) is 3.16. The van der Waals surface area contributed by atoms with Gasteiger partial charge in [-0.15, -0.1) is 0 Å². The third-order valence-electron chi connectivity index (χ3n) is 2.28. The number of halogens is 3. The third kappa shape index (κ3) is 5.00. The summed E-state index contributed by atoms with van der Waals surface area (Å²) in [4.78, 5) is 1.81. The number of ether oxygens (including phenoxy) is 1. The first-order valence-electron chi connectivity index (χ1n) is 5.43. The smallest absolute Gasteiger partial charge is 0.262 e. The van der Waals surface area contributed by atoms with Gasteiger partial charge >= 0.3 is 0 Å². The van der Waals surface area contributed by atoms with Crippen molar-refractivity contribution in [1.82, 2.24) is 4.90 Å². The van der Waals surface area contributed by atoms with Crippen LogP contribution in [-0.4, -0.2) is 40.6 Å². The van der Waals surface area contributed by atoms with Crippen LogP contribution in [0.2, 0.25) is 10.0 Å². The summed E-state index contributed by atoms with van der Waals surface area (Å²) >= 11 is 11.8. The molecule has 8 heteroatoms. The average Bonchev–Trinajstić information content (AvgIpc) is 2.27. The van der Waals surface area contributed by atoms with Crippen LogP contribution in [0.1, 0.15) is 6.42 Å². The minimum absolute atomic E-state index is 0.0493. The Morgan fingerprint density at radius 2 is 1.84 bits per heavy atom. The van der Waals surface area contributed by atoms with E-state index in [1.165, 1.54) is 12.1 Å². The van der Waals surface area contributed by atoms with Crippen LogP contribution in [0.3, 0.4) is 0 Å². The van der Waals surface area contributed by atoms with Crippen LogP contribution in [0.15, 0.2) is 17.0 Å². The Morgan fingerprint density at radius 3 is 2.37 bits per heavy atom. The van der Waals surface area contributed by atoms with Gasteiger partial charge in [-0.25, -0.2) is 8.42 Å². The Bertz CT molecular complexity index is 546. The van der Waals surface area contributed by atoms with Crippen LogP contribution in [0.4, 0.5) is 0 Å². The van der Waals surface area contributed by atoms with Crippen LogP contribution in [0, 0.1) is 0 Å². The first-order valence-corrected chi connectivity index (χ1v) is 8.50. The highest BCUT2D eigenvalue weighted by Gasteiger charge is 2.19. The van der Waals surface area contributed by atoms with Gasteiger partial charge in [0.25, 0.3) is 9.05 Å². The molecule has 0 aromatic heterocycles. The quantitative estimate of drug-likeness (QED) is 0.586. The summed E-state index contributed by atoms with van der Waals surface area (Å²) < 4.78 is 27.9. The summed E-state index contributed by atoms with van der Waals surface area (Å²) in [6, 6.07) is 2.72. The first-order chi connectivity index (χ1) is 8.73. The summed E-state index contributed by atoms with van der Waals surface area (Å²) in [5, 5.41) is -0.0741. The monoisotopic (exact) mass is 345 g/mol. The van der Waals surface area contributed by atoms with Crippen molar-refractivity contribution in [3.8, 4) is 5.75 Å². The fraction of sp³-hybridized carbons (Fsp3) is 0.455. The lowest BCUT2D eigenvalue weighted by Gasteiger charge is -2.12. The normalized spacial score (nSPS) is 11.9. The maximum atomic E-state index is 11.2. The molecule has 0 saturated carbocycles. The van der Waals surface area contributed by atoms with Gasteiger partial charge in [-0.2, -0.15) is 0 Å². The summed E-state index contributed by atoms with van der Waals surface area (Å²) in [5.74, 6) is 0.342. The van der Waals surface area contributed by atoms with Gasteiger partial charge in [0.05, 0.1) is 11.6 Å². The molecule has 0 aliphatic carbocycles. The minimum Gasteiger partial charge on any atom is -0.492 e. The molecule has 0 atom stereocenters. The van der Waals surface area contributed by atoms with E-state index in [9.17, 15) is 8.42 Å². The second kappa shape index (κ2) is 6.99. The largest absolute Gasteiger partial charge is 0.492 e. The maximum absolute atomic E-state index is 11.2. The van der Waals surface area contributed by atoms with Crippen LogP contribution < -0.4 is 4.74 Å². The minimum atomic E-state index is -3.92. The molecule has 0 aliphatic heterocycles. The summed E-state index contributed by atoms with van der Waals surface area (Å²) in [7, 11) is 5.24. The van der Waals surface area contributed by atoms with Crippen molar-refractivity contribution in [3.05, 3.63) is 22.2 Å². The van der Waals surface area contributed by atoms with Crippen molar-refractivity contribution in [2.75, 3.05) is 27.2 Å². The Labute approximate surface area is 127 Å². The van der Waals surface area contributed by atoms with E-state index in [1.807, 2.05) is 19.0 Å². The van der Waals surface area contributed by atoms with Gasteiger partial charge in [-0.3, -0.25) is 0 Å². The lowest BCUT2D eigenvalue weighted by molar-refractivity contribution is 0.281. The van der Waals surface area contributed by atoms with E-state index in [1.54, 1.807) is 0 Å². The predicted octanol–water partition coefficient (Wildman–Crippen LogP) is 3.25. The number of nitrogens with zero attached hydrogens (tertiary/aromatic N) is 1. The molecule has 0 spiro atoms. The Hall–Kier alpha value is -0.200. The Balaban J connectivity index is 2.80. The van der Waals surface area contributed by atoms with E-state index in [4.69, 9.17) is 38.6 Å². The van der Waals surface area contributed by atoms with Gasteiger partial charge in [0.15, 0.2) is 0 Å². The molecule has 0 radical (unpaired) electrons. The molecule has 0 aliphatic rings. The zero-order valence-corrected chi connectivity index (χ0v) is 13.6. The standard InChI is InChI=1S/C11H14Cl3NO3S/c1-15(2)6-3-7-18-8-4-5-9(19(14,16)17)11(13)10(8)12/h4-5H,3,6-7H2,1-2H3. The summed E-state index contributed by atoms with van der Waals surface area (Å²) in [5.41, 5.74) is 0. The highest BCUT2D eigenvalue weighted by molar-refractivity contribution is 8.13. The second-order valence-corrected chi connectivity index (χ2v) is 7.42. The molecule has 4 nitrogen and oxygen atoms in total. The number of hydrogen-bond donors (Lipinski definition) is 0.